The van der Waals surface area contributed by atoms with Crippen molar-refractivity contribution in [3.63, 3.8) is 0 Å². The van der Waals surface area contributed by atoms with Crippen molar-refractivity contribution >= 4 is 11.9 Å². The van der Waals surface area contributed by atoms with Gasteiger partial charge in [-0.3, -0.25) is 9.59 Å². The number of carbonyl (C=O) groups excluding carboxylic acids is 2. The summed E-state index contributed by atoms with van der Waals surface area (Å²) in [6.45, 7) is 4.12. The van der Waals surface area contributed by atoms with Crippen LogP contribution in [-0.4, -0.2) is 36.4 Å². The largest absolute Gasteiger partial charge is 0.462 e. The van der Waals surface area contributed by atoms with Crippen LogP contribution in [0.5, 0.6) is 0 Å². The summed E-state index contributed by atoms with van der Waals surface area (Å²) < 4.78 is 10.6. The van der Waals surface area contributed by atoms with Crippen LogP contribution >= 0.6 is 0 Å². The first-order valence-electron chi connectivity index (χ1n) is 21.9. The van der Waals surface area contributed by atoms with Gasteiger partial charge in [0, 0.05) is 12.8 Å². The van der Waals surface area contributed by atoms with Gasteiger partial charge in [0.2, 0.25) is 0 Å². The molecule has 5 nitrogen and oxygen atoms in total. The number of carbonyl (C=O) groups is 2. The normalized spacial score (nSPS) is 12.3. The summed E-state index contributed by atoms with van der Waals surface area (Å²) in [5.41, 5.74) is 0. The van der Waals surface area contributed by atoms with Gasteiger partial charge in [0.25, 0.3) is 0 Å². The van der Waals surface area contributed by atoms with E-state index in [2.05, 4.69) is 38.2 Å². The molecule has 0 rings (SSSR count). The predicted molar refractivity (Wildman–Crippen MR) is 215 cm³/mol. The molecule has 0 aliphatic rings. The SMILES string of the molecule is CCCCC/C=C/C/C=C/CCCCCCCC(=O)OC[C@H](CO)OC(=O)CCCCCCCCCCCCCCCCCCCCCCC. The Morgan fingerprint density at radius 2 is 0.800 bits per heavy atom. The molecule has 0 bridgehead atoms. The number of unbranched alkanes of at least 4 members (excludes halogenated alkanes) is 28. The lowest BCUT2D eigenvalue weighted by Crippen LogP contribution is -2.28. The van der Waals surface area contributed by atoms with Crippen molar-refractivity contribution in [3.8, 4) is 0 Å². The fourth-order valence-corrected chi connectivity index (χ4v) is 6.41. The average molecular weight is 705 g/mol. The maximum Gasteiger partial charge on any atom is 0.306 e. The maximum atomic E-state index is 12.2. The van der Waals surface area contributed by atoms with Crippen LogP contribution in [0.2, 0.25) is 0 Å². The Balaban J connectivity index is 3.50. The lowest BCUT2D eigenvalue weighted by atomic mass is 10.0. The van der Waals surface area contributed by atoms with Crippen LogP contribution in [0, 0.1) is 0 Å². The molecule has 0 saturated heterocycles. The van der Waals surface area contributed by atoms with E-state index in [4.69, 9.17) is 9.47 Å². The van der Waals surface area contributed by atoms with E-state index in [9.17, 15) is 14.7 Å². The van der Waals surface area contributed by atoms with Crippen LogP contribution in [0.4, 0.5) is 0 Å². The fourth-order valence-electron chi connectivity index (χ4n) is 6.41. The quantitative estimate of drug-likeness (QED) is 0.0390. The van der Waals surface area contributed by atoms with E-state index >= 15 is 0 Å². The van der Waals surface area contributed by atoms with Gasteiger partial charge in [0.15, 0.2) is 6.10 Å². The molecular weight excluding hydrogens is 620 g/mol. The molecule has 1 N–H and O–H groups in total. The monoisotopic (exact) mass is 705 g/mol. The second-order valence-electron chi connectivity index (χ2n) is 14.8. The Morgan fingerprint density at radius 1 is 0.460 bits per heavy atom. The number of rotatable bonds is 40. The first-order chi connectivity index (χ1) is 24.6. The number of esters is 2. The molecule has 0 unspecified atom stereocenters. The Bertz CT molecular complexity index is 761. The molecule has 0 aliphatic heterocycles. The first-order valence-corrected chi connectivity index (χ1v) is 21.9. The van der Waals surface area contributed by atoms with Crippen LogP contribution in [0.3, 0.4) is 0 Å². The maximum absolute atomic E-state index is 12.2. The molecule has 5 heteroatoms. The van der Waals surface area contributed by atoms with Gasteiger partial charge in [-0.25, -0.2) is 0 Å². The fraction of sp³-hybridized carbons (Fsp3) is 0.867. The Morgan fingerprint density at radius 3 is 1.22 bits per heavy atom. The molecule has 50 heavy (non-hydrogen) atoms. The molecule has 0 spiro atoms. The second kappa shape index (κ2) is 41.8. The third kappa shape index (κ3) is 39.2. The summed E-state index contributed by atoms with van der Waals surface area (Å²) in [7, 11) is 0. The number of aliphatic hydroxyl groups is 1. The van der Waals surface area contributed by atoms with E-state index in [1.54, 1.807) is 0 Å². The van der Waals surface area contributed by atoms with Crippen molar-refractivity contribution < 1.29 is 24.2 Å². The Labute approximate surface area is 311 Å². The zero-order valence-electron chi connectivity index (χ0n) is 33.4. The highest BCUT2D eigenvalue weighted by Crippen LogP contribution is 2.16. The predicted octanol–water partition coefficient (Wildman–Crippen LogP) is 13.8. The van der Waals surface area contributed by atoms with Crippen LogP contribution in [-0.2, 0) is 19.1 Å². The number of allylic oxidation sites excluding steroid dienone is 4. The summed E-state index contributed by atoms with van der Waals surface area (Å²) in [5.74, 6) is -0.596. The number of aliphatic hydroxyl groups excluding tert-OH is 1. The van der Waals surface area contributed by atoms with Crippen molar-refractivity contribution in [3.05, 3.63) is 24.3 Å². The van der Waals surface area contributed by atoms with Gasteiger partial charge in [0.1, 0.15) is 6.61 Å². The number of hydrogen-bond acceptors (Lipinski definition) is 5. The summed E-state index contributed by atoms with van der Waals surface area (Å²) >= 11 is 0. The molecule has 0 aromatic carbocycles. The molecule has 294 valence electrons. The number of hydrogen-bond donors (Lipinski definition) is 1. The van der Waals surface area contributed by atoms with Crippen molar-refractivity contribution in [2.45, 2.75) is 238 Å². The van der Waals surface area contributed by atoms with E-state index in [-0.39, 0.29) is 25.2 Å². The summed E-state index contributed by atoms with van der Waals surface area (Å²) in [6.07, 6.45) is 49.6. The van der Waals surface area contributed by atoms with Crippen LogP contribution in [0.1, 0.15) is 232 Å². The topological polar surface area (TPSA) is 72.8 Å². The van der Waals surface area contributed by atoms with Gasteiger partial charge in [-0.15, -0.1) is 0 Å². The van der Waals surface area contributed by atoms with Gasteiger partial charge in [0.05, 0.1) is 6.61 Å². The standard InChI is InChI=1S/C45H84O5/c1-3-5-7-9-11-13-15-17-19-20-21-22-23-24-26-28-30-32-34-36-38-40-45(48)50-43(41-46)42-49-44(47)39-37-35-33-31-29-27-25-18-16-14-12-10-8-6-4-2/h12,14,18,25,43,46H,3-11,13,15-17,19-24,26-42H2,1-2H3/b14-12+,25-18+/t43-/m0/s1. The Kier molecular flexibility index (Phi) is 40.4. The van der Waals surface area contributed by atoms with Crippen LogP contribution in [0.25, 0.3) is 0 Å². The third-order valence-corrected chi connectivity index (χ3v) is 9.75. The van der Waals surface area contributed by atoms with Gasteiger partial charge in [-0.1, -0.05) is 199 Å². The smallest absolute Gasteiger partial charge is 0.306 e. The highest BCUT2D eigenvalue weighted by molar-refractivity contribution is 5.70. The first kappa shape index (κ1) is 48.4. The van der Waals surface area contributed by atoms with Crippen molar-refractivity contribution in [1.29, 1.82) is 0 Å². The molecule has 0 fully saturated rings. The lowest BCUT2D eigenvalue weighted by Gasteiger charge is -2.15. The van der Waals surface area contributed by atoms with Crippen molar-refractivity contribution in [1.82, 2.24) is 0 Å². The summed E-state index contributed by atoms with van der Waals surface area (Å²) in [4.78, 5) is 24.3. The van der Waals surface area contributed by atoms with E-state index in [0.29, 0.717) is 12.8 Å². The summed E-state index contributed by atoms with van der Waals surface area (Å²) in [5, 5.41) is 9.57. The van der Waals surface area contributed by atoms with Gasteiger partial charge in [-0.2, -0.15) is 0 Å². The van der Waals surface area contributed by atoms with E-state index in [0.717, 1.165) is 51.4 Å². The highest BCUT2D eigenvalue weighted by Gasteiger charge is 2.16. The van der Waals surface area contributed by atoms with E-state index < -0.39 is 6.10 Å². The second-order valence-corrected chi connectivity index (χ2v) is 14.8. The lowest BCUT2D eigenvalue weighted by molar-refractivity contribution is -0.161. The molecule has 0 aliphatic carbocycles. The molecular formula is C45H84O5. The zero-order valence-corrected chi connectivity index (χ0v) is 33.4. The average Bonchev–Trinajstić information content (AvgIpc) is 3.12. The molecule has 0 amide bonds. The summed E-state index contributed by atoms with van der Waals surface area (Å²) in [6, 6.07) is 0. The van der Waals surface area contributed by atoms with Crippen LogP contribution in [0.15, 0.2) is 24.3 Å². The minimum absolute atomic E-state index is 0.0688. The molecule has 0 radical (unpaired) electrons. The Hall–Kier alpha value is -1.62. The van der Waals surface area contributed by atoms with Crippen molar-refractivity contribution in [2.24, 2.45) is 0 Å². The van der Waals surface area contributed by atoms with E-state index in [1.807, 2.05) is 0 Å². The molecule has 0 heterocycles. The van der Waals surface area contributed by atoms with E-state index in [1.165, 1.54) is 154 Å². The van der Waals surface area contributed by atoms with Crippen LogP contribution < -0.4 is 0 Å². The minimum atomic E-state index is -0.772. The molecule has 0 aromatic heterocycles. The highest BCUT2D eigenvalue weighted by atomic mass is 16.6. The minimum Gasteiger partial charge on any atom is -0.462 e. The molecule has 1 atom stereocenters. The third-order valence-electron chi connectivity index (χ3n) is 9.75. The zero-order chi connectivity index (χ0) is 36.4. The van der Waals surface area contributed by atoms with Gasteiger partial charge >= 0.3 is 11.9 Å². The molecule has 0 aromatic rings. The number of ether oxygens (including phenoxy) is 2. The van der Waals surface area contributed by atoms with Gasteiger partial charge < -0.3 is 14.6 Å². The van der Waals surface area contributed by atoms with Gasteiger partial charge in [-0.05, 0) is 44.9 Å². The van der Waals surface area contributed by atoms with Crippen molar-refractivity contribution in [2.75, 3.05) is 13.2 Å². The molecule has 0 saturated carbocycles.